The van der Waals surface area contributed by atoms with E-state index in [9.17, 15) is 4.79 Å². The second kappa shape index (κ2) is 2.51. The van der Waals surface area contributed by atoms with Gasteiger partial charge in [-0.15, -0.1) is 11.3 Å². The van der Waals surface area contributed by atoms with Crippen LogP contribution in [0.2, 0.25) is 0 Å². The number of amides is 1. The number of hydrogen-bond donors (Lipinski definition) is 1. The lowest BCUT2D eigenvalue weighted by Crippen LogP contribution is -2.08. The fourth-order valence-electron chi connectivity index (χ4n) is 1.03. The molecule has 1 aromatic rings. The van der Waals surface area contributed by atoms with Crippen molar-refractivity contribution in [3.8, 4) is 0 Å². The van der Waals surface area contributed by atoms with Gasteiger partial charge < -0.3 is 5.32 Å². The maximum atomic E-state index is 11.0. The predicted molar refractivity (Wildman–Crippen MR) is 46.6 cm³/mol. The van der Waals surface area contributed by atoms with Gasteiger partial charge in [0, 0.05) is 6.42 Å². The topological polar surface area (TPSA) is 29.1 Å². The number of carbonyl (C=O) groups excluding carboxylic acids is 1. The standard InChI is InChI=1S/C8H7NOS/c10-8-3-1-2-7-6(9-8)4-5-11-7/h1-2,4-5H,3H2,(H,9,10). The van der Waals surface area contributed by atoms with Crippen molar-refractivity contribution in [2.24, 2.45) is 0 Å². The molecule has 0 saturated carbocycles. The zero-order valence-electron chi connectivity index (χ0n) is 5.83. The molecule has 0 saturated heterocycles. The first-order valence-corrected chi connectivity index (χ1v) is 4.28. The summed E-state index contributed by atoms with van der Waals surface area (Å²) >= 11 is 1.64. The number of nitrogens with one attached hydrogen (secondary N) is 1. The zero-order chi connectivity index (χ0) is 7.68. The summed E-state index contributed by atoms with van der Waals surface area (Å²) in [5.74, 6) is 0.0680. The number of anilines is 1. The average molecular weight is 165 g/mol. The lowest BCUT2D eigenvalue weighted by Gasteiger charge is -1.97. The van der Waals surface area contributed by atoms with Crippen molar-refractivity contribution in [1.29, 1.82) is 0 Å². The van der Waals surface area contributed by atoms with Gasteiger partial charge >= 0.3 is 0 Å². The Morgan fingerprint density at radius 3 is 3.36 bits per heavy atom. The van der Waals surface area contributed by atoms with Gasteiger partial charge in [0.15, 0.2) is 0 Å². The van der Waals surface area contributed by atoms with Crippen molar-refractivity contribution in [2.75, 3.05) is 5.32 Å². The van der Waals surface area contributed by atoms with E-state index < -0.39 is 0 Å². The monoisotopic (exact) mass is 165 g/mol. The molecule has 2 rings (SSSR count). The molecule has 56 valence electrons. The third kappa shape index (κ3) is 1.19. The molecule has 0 unspecified atom stereocenters. The first-order valence-electron chi connectivity index (χ1n) is 3.40. The molecule has 0 aromatic carbocycles. The number of thiophene rings is 1. The van der Waals surface area contributed by atoms with Crippen LogP contribution < -0.4 is 5.32 Å². The second-order valence-electron chi connectivity index (χ2n) is 2.35. The summed E-state index contributed by atoms with van der Waals surface area (Å²) < 4.78 is 0. The minimum Gasteiger partial charge on any atom is -0.325 e. The Bertz CT molecular complexity index is 314. The van der Waals surface area contributed by atoms with Crippen LogP contribution in [0.4, 0.5) is 5.69 Å². The normalized spacial score (nSPS) is 15.5. The van der Waals surface area contributed by atoms with Crippen molar-refractivity contribution in [3.63, 3.8) is 0 Å². The predicted octanol–water partition coefficient (Wildman–Crippen LogP) is 2.10. The van der Waals surface area contributed by atoms with E-state index in [0.717, 1.165) is 10.6 Å². The largest absolute Gasteiger partial charge is 0.325 e. The highest BCUT2D eigenvalue weighted by Gasteiger charge is 2.07. The molecule has 0 bridgehead atoms. The van der Waals surface area contributed by atoms with Crippen LogP contribution in [0.15, 0.2) is 17.5 Å². The highest BCUT2D eigenvalue weighted by molar-refractivity contribution is 7.11. The maximum Gasteiger partial charge on any atom is 0.228 e. The molecule has 3 heteroatoms. The number of rotatable bonds is 0. The third-order valence-electron chi connectivity index (χ3n) is 1.54. The molecule has 11 heavy (non-hydrogen) atoms. The molecule has 1 N–H and O–H groups in total. The molecular weight excluding hydrogens is 158 g/mol. The van der Waals surface area contributed by atoms with Crippen LogP contribution in [-0.2, 0) is 4.79 Å². The molecule has 2 nitrogen and oxygen atoms in total. The summed E-state index contributed by atoms with van der Waals surface area (Å²) in [6.45, 7) is 0. The van der Waals surface area contributed by atoms with Crippen LogP contribution in [0.3, 0.4) is 0 Å². The van der Waals surface area contributed by atoms with Gasteiger partial charge in [-0.05, 0) is 17.5 Å². The van der Waals surface area contributed by atoms with Crippen LogP contribution in [0.1, 0.15) is 11.3 Å². The van der Waals surface area contributed by atoms with Gasteiger partial charge in [0.1, 0.15) is 0 Å². The molecule has 0 radical (unpaired) electrons. The molecule has 1 aliphatic rings. The van der Waals surface area contributed by atoms with Crippen molar-refractivity contribution in [3.05, 3.63) is 22.4 Å². The van der Waals surface area contributed by atoms with E-state index in [2.05, 4.69) is 5.32 Å². The van der Waals surface area contributed by atoms with Crippen LogP contribution >= 0.6 is 11.3 Å². The summed E-state index contributed by atoms with van der Waals surface area (Å²) in [4.78, 5) is 12.1. The van der Waals surface area contributed by atoms with Gasteiger partial charge in [0.25, 0.3) is 0 Å². The summed E-state index contributed by atoms with van der Waals surface area (Å²) in [5.41, 5.74) is 0.939. The van der Waals surface area contributed by atoms with Gasteiger partial charge in [-0.3, -0.25) is 4.79 Å². The van der Waals surface area contributed by atoms with Gasteiger partial charge in [-0.1, -0.05) is 6.08 Å². The molecular formula is C8H7NOS. The first kappa shape index (κ1) is 6.61. The lowest BCUT2D eigenvalue weighted by atomic mass is 10.3. The SMILES string of the molecule is O=C1CC=Cc2sccc2N1. The molecule has 1 amide bonds. The number of fused-ring (bicyclic) bond motifs is 1. The molecule has 0 aliphatic carbocycles. The van der Waals surface area contributed by atoms with Crippen molar-refractivity contribution < 1.29 is 4.79 Å². The quantitative estimate of drug-likeness (QED) is 0.626. The molecule has 0 fully saturated rings. The average Bonchev–Trinajstić information content (AvgIpc) is 2.31. The van der Waals surface area contributed by atoms with Gasteiger partial charge in [-0.25, -0.2) is 0 Å². The van der Waals surface area contributed by atoms with E-state index in [-0.39, 0.29) is 5.91 Å². The Labute approximate surface area is 68.5 Å². The number of carbonyl (C=O) groups is 1. The van der Waals surface area contributed by atoms with Crippen molar-refractivity contribution >= 4 is 29.0 Å². The minimum atomic E-state index is 0.0680. The number of hydrogen-bond acceptors (Lipinski definition) is 2. The van der Waals surface area contributed by atoms with E-state index in [1.807, 2.05) is 23.6 Å². The minimum absolute atomic E-state index is 0.0680. The Morgan fingerprint density at radius 1 is 1.55 bits per heavy atom. The van der Waals surface area contributed by atoms with E-state index in [0.29, 0.717) is 6.42 Å². The van der Waals surface area contributed by atoms with Gasteiger partial charge in [-0.2, -0.15) is 0 Å². The molecule has 2 heterocycles. The van der Waals surface area contributed by atoms with Crippen molar-refractivity contribution in [1.82, 2.24) is 0 Å². The van der Waals surface area contributed by atoms with E-state index in [4.69, 9.17) is 0 Å². The lowest BCUT2D eigenvalue weighted by molar-refractivity contribution is -0.115. The second-order valence-corrected chi connectivity index (χ2v) is 3.30. The Kier molecular flexibility index (Phi) is 1.51. The highest BCUT2D eigenvalue weighted by atomic mass is 32.1. The molecule has 0 spiro atoms. The van der Waals surface area contributed by atoms with E-state index in [1.54, 1.807) is 11.3 Å². The summed E-state index contributed by atoms with van der Waals surface area (Å²) in [5, 5.41) is 4.78. The Hall–Kier alpha value is -1.09. The fourth-order valence-corrected chi connectivity index (χ4v) is 1.80. The zero-order valence-corrected chi connectivity index (χ0v) is 6.65. The van der Waals surface area contributed by atoms with Crippen LogP contribution in [0, 0.1) is 0 Å². The molecule has 1 aromatic heterocycles. The van der Waals surface area contributed by atoms with Gasteiger partial charge in [0.2, 0.25) is 5.91 Å². The van der Waals surface area contributed by atoms with Crippen molar-refractivity contribution in [2.45, 2.75) is 6.42 Å². The summed E-state index contributed by atoms with van der Waals surface area (Å²) in [7, 11) is 0. The molecule has 0 atom stereocenters. The Balaban J connectivity index is 2.44. The van der Waals surface area contributed by atoms with Gasteiger partial charge in [0.05, 0.1) is 10.6 Å². The first-order chi connectivity index (χ1) is 5.36. The molecule has 1 aliphatic heterocycles. The Morgan fingerprint density at radius 2 is 2.45 bits per heavy atom. The summed E-state index contributed by atoms with van der Waals surface area (Å²) in [6.07, 6.45) is 4.36. The van der Waals surface area contributed by atoms with Crippen LogP contribution in [0.25, 0.3) is 6.08 Å². The van der Waals surface area contributed by atoms with Crippen LogP contribution in [0.5, 0.6) is 0 Å². The smallest absolute Gasteiger partial charge is 0.228 e. The van der Waals surface area contributed by atoms with E-state index >= 15 is 0 Å². The van der Waals surface area contributed by atoms with E-state index in [1.165, 1.54) is 0 Å². The third-order valence-corrected chi connectivity index (χ3v) is 2.42. The van der Waals surface area contributed by atoms with Crippen LogP contribution in [-0.4, -0.2) is 5.91 Å². The highest BCUT2D eigenvalue weighted by Crippen LogP contribution is 2.25. The fraction of sp³-hybridized carbons (Fsp3) is 0.125. The maximum absolute atomic E-state index is 11.0. The summed E-state index contributed by atoms with van der Waals surface area (Å²) in [6, 6.07) is 1.92.